The van der Waals surface area contributed by atoms with Gasteiger partial charge in [0.2, 0.25) is 0 Å². The van der Waals surface area contributed by atoms with Crippen LogP contribution in [0.25, 0.3) is 0 Å². The van der Waals surface area contributed by atoms with Gasteiger partial charge in [0.05, 0.1) is 6.54 Å². The highest BCUT2D eigenvalue weighted by molar-refractivity contribution is 5.75. The molecule has 0 aliphatic heterocycles. The first-order chi connectivity index (χ1) is 7.99. The quantitative estimate of drug-likeness (QED) is 0.676. The molecule has 0 heterocycles. The molecule has 5 nitrogen and oxygen atoms in total. The predicted molar refractivity (Wildman–Crippen MR) is 61.9 cm³/mol. The molecule has 0 fully saturated rings. The minimum atomic E-state index is -1.07. The number of aryl methyl sites for hydroxylation is 1. The maximum absolute atomic E-state index is 10.9. The van der Waals surface area contributed by atoms with E-state index >= 15 is 0 Å². The number of aliphatic carboxylic acids is 2. The molecule has 0 aliphatic carbocycles. The topological polar surface area (TPSA) is 86.6 Å². The minimum Gasteiger partial charge on any atom is -0.480 e. The van der Waals surface area contributed by atoms with E-state index in [0.717, 1.165) is 11.1 Å². The van der Waals surface area contributed by atoms with Gasteiger partial charge in [-0.3, -0.25) is 14.9 Å². The second-order valence-corrected chi connectivity index (χ2v) is 3.86. The first-order valence-electron chi connectivity index (χ1n) is 5.22. The summed E-state index contributed by atoms with van der Waals surface area (Å²) in [5.41, 5.74) is 1.96. The molecule has 5 heteroatoms. The van der Waals surface area contributed by atoms with E-state index in [0.29, 0.717) is 0 Å². The Bertz CT molecular complexity index is 399. The van der Waals surface area contributed by atoms with Crippen LogP contribution in [0.4, 0.5) is 0 Å². The fraction of sp³-hybridized carbons (Fsp3) is 0.333. The van der Waals surface area contributed by atoms with Crippen LogP contribution in [0.15, 0.2) is 24.3 Å². The Balaban J connectivity index is 2.63. The molecule has 0 bridgehead atoms. The van der Waals surface area contributed by atoms with Crippen molar-refractivity contribution in [2.24, 2.45) is 0 Å². The summed E-state index contributed by atoms with van der Waals surface area (Å²) in [6.07, 6.45) is 0.267. The molecule has 1 aromatic rings. The van der Waals surface area contributed by atoms with Gasteiger partial charge in [-0.05, 0) is 18.9 Å². The lowest BCUT2D eigenvalue weighted by Gasteiger charge is -2.13. The van der Waals surface area contributed by atoms with Crippen molar-refractivity contribution in [2.75, 3.05) is 6.54 Å². The number of carboxylic acid groups (broad SMARTS) is 2. The molecule has 1 atom stereocenters. The minimum absolute atomic E-state index is 0.267. The number of hydrogen-bond donors (Lipinski definition) is 3. The van der Waals surface area contributed by atoms with Crippen LogP contribution in [0.2, 0.25) is 0 Å². The number of carbonyl (C=O) groups is 2. The predicted octanol–water partition coefficient (Wildman–Crippen LogP) is 0.665. The normalized spacial score (nSPS) is 12.1. The Morgan fingerprint density at radius 3 is 2.29 bits per heavy atom. The first-order valence-corrected chi connectivity index (χ1v) is 5.22. The monoisotopic (exact) mass is 237 g/mol. The van der Waals surface area contributed by atoms with E-state index in [1.165, 1.54) is 0 Å². The van der Waals surface area contributed by atoms with Crippen molar-refractivity contribution in [2.45, 2.75) is 19.4 Å². The van der Waals surface area contributed by atoms with Crippen molar-refractivity contribution in [3.05, 3.63) is 35.4 Å². The van der Waals surface area contributed by atoms with Gasteiger partial charge >= 0.3 is 11.9 Å². The molecule has 92 valence electrons. The van der Waals surface area contributed by atoms with Gasteiger partial charge in [0.25, 0.3) is 0 Å². The molecule has 0 saturated carbocycles. The van der Waals surface area contributed by atoms with Gasteiger partial charge in [-0.25, -0.2) is 0 Å². The Hall–Kier alpha value is -1.88. The Morgan fingerprint density at radius 2 is 1.82 bits per heavy atom. The summed E-state index contributed by atoms with van der Waals surface area (Å²) in [6, 6.07) is 6.59. The third kappa shape index (κ3) is 4.65. The lowest BCUT2D eigenvalue weighted by molar-refractivity contribution is -0.140. The van der Waals surface area contributed by atoms with Gasteiger partial charge in [0, 0.05) is 0 Å². The lowest BCUT2D eigenvalue weighted by Crippen LogP contribution is -2.41. The van der Waals surface area contributed by atoms with Crippen molar-refractivity contribution in [1.82, 2.24) is 5.32 Å². The molecule has 17 heavy (non-hydrogen) atoms. The van der Waals surface area contributed by atoms with E-state index in [-0.39, 0.29) is 13.0 Å². The Labute approximate surface area is 99.1 Å². The molecule has 0 spiro atoms. The molecule has 0 amide bonds. The van der Waals surface area contributed by atoms with Gasteiger partial charge in [-0.1, -0.05) is 29.8 Å². The number of benzene rings is 1. The largest absolute Gasteiger partial charge is 0.480 e. The molecule has 0 aromatic heterocycles. The van der Waals surface area contributed by atoms with E-state index in [4.69, 9.17) is 10.2 Å². The average molecular weight is 237 g/mol. The number of hydrogen-bond acceptors (Lipinski definition) is 3. The first kappa shape index (κ1) is 13.2. The van der Waals surface area contributed by atoms with Crippen LogP contribution < -0.4 is 5.32 Å². The van der Waals surface area contributed by atoms with Gasteiger partial charge in [-0.2, -0.15) is 0 Å². The summed E-state index contributed by atoms with van der Waals surface area (Å²) in [6.45, 7) is 1.59. The van der Waals surface area contributed by atoms with Crippen LogP contribution >= 0.6 is 0 Å². The Kier molecular flexibility index (Phi) is 4.66. The molecule has 0 aliphatic rings. The zero-order chi connectivity index (χ0) is 12.8. The van der Waals surface area contributed by atoms with Crippen LogP contribution in [0.1, 0.15) is 11.1 Å². The van der Waals surface area contributed by atoms with Gasteiger partial charge in [0.1, 0.15) is 6.04 Å². The zero-order valence-electron chi connectivity index (χ0n) is 9.51. The molecule has 1 aromatic carbocycles. The molecule has 1 unspecified atom stereocenters. The van der Waals surface area contributed by atoms with Crippen LogP contribution in [0.3, 0.4) is 0 Å². The van der Waals surface area contributed by atoms with Crippen LogP contribution in [0.5, 0.6) is 0 Å². The fourth-order valence-electron chi connectivity index (χ4n) is 1.42. The van der Waals surface area contributed by atoms with E-state index in [9.17, 15) is 9.59 Å². The smallest absolute Gasteiger partial charge is 0.321 e. The van der Waals surface area contributed by atoms with E-state index < -0.39 is 18.0 Å². The standard InChI is InChI=1S/C12H15NO4/c1-8-2-4-9(5-3-8)6-10(12(16)17)13-7-11(14)15/h2-5,10,13H,6-7H2,1H3,(H,14,15)(H,16,17). The summed E-state index contributed by atoms with van der Waals surface area (Å²) in [5.74, 6) is -2.12. The van der Waals surface area contributed by atoms with E-state index in [1.54, 1.807) is 0 Å². The van der Waals surface area contributed by atoms with Crippen molar-refractivity contribution >= 4 is 11.9 Å². The van der Waals surface area contributed by atoms with Crippen molar-refractivity contribution in [3.8, 4) is 0 Å². The maximum Gasteiger partial charge on any atom is 0.321 e. The Morgan fingerprint density at radius 1 is 1.24 bits per heavy atom. The van der Waals surface area contributed by atoms with Crippen molar-refractivity contribution in [1.29, 1.82) is 0 Å². The van der Waals surface area contributed by atoms with Gasteiger partial charge in [0.15, 0.2) is 0 Å². The van der Waals surface area contributed by atoms with Crippen molar-refractivity contribution < 1.29 is 19.8 Å². The molecule has 1 rings (SSSR count). The molecule has 0 saturated heterocycles. The second-order valence-electron chi connectivity index (χ2n) is 3.86. The summed E-state index contributed by atoms with van der Waals surface area (Å²) in [7, 11) is 0. The summed E-state index contributed by atoms with van der Waals surface area (Å²) in [5, 5.41) is 19.9. The third-order valence-corrected chi connectivity index (χ3v) is 2.36. The maximum atomic E-state index is 10.9. The van der Waals surface area contributed by atoms with Crippen LogP contribution in [-0.2, 0) is 16.0 Å². The highest BCUT2D eigenvalue weighted by Gasteiger charge is 2.18. The van der Waals surface area contributed by atoms with Crippen molar-refractivity contribution in [3.63, 3.8) is 0 Å². The number of carboxylic acids is 2. The van der Waals surface area contributed by atoms with Crippen LogP contribution in [0, 0.1) is 6.92 Å². The second kappa shape index (κ2) is 6.00. The molecule has 0 radical (unpaired) electrons. The van der Waals surface area contributed by atoms with Crippen LogP contribution in [-0.4, -0.2) is 34.7 Å². The highest BCUT2D eigenvalue weighted by atomic mass is 16.4. The summed E-state index contributed by atoms with van der Waals surface area (Å²) < 4.78 is 0. The molecular formula is C12H15NO4. The third-order valence-electron chi connectivity index (χ3n) is 2.36. The summed E-state index contributed by atoms with van der Waals surface area (Å²) >= 11 is 0. The van der Waals surface area contributed by atoms with E-state index in [2.05, 4.69) is 5.32 Å². The zero-order valence-corrected chi connectivity index (χ0v) is 9.51. The highest BCUT2D eigenvalue weighted by Crippen LogP contribution is 2.06. The van der Waals surface area contributed by atoms with Gasteiger partial charge < -0.3 is 10.2 Å². The summed E-state index contributed by atoms with van der Waals surface area (Å²) in [4.78, 5) is 21.3. The SMILES string of the molecule is Cc1ccc(CC(NCC(=O)O)C(=O)O)cc1. The van der Waals surface area contributed by atoms with E-state index in [1.807, 2.05) is 31.2 Å². The molecular weight excluding hydrogens is 222 g/mol. The lowest BCUT2D eigenvalue weighted by atomic mass is 10.0. The number of rotatable bonds is 6. The van der Waals surface area contributed by atoms with Gasteiger partial charge in [-0.15, -0.1) is 0 Å². The average Bonchev–Trinajstić information content (AvgIpc) is 2.26. The fourth-order valence-corrected chi connectivity index (χ4v) is 1.42. The number of nitrogens with one attached hydrogen (secondary N) is 1. The molecule has 3 N–H and O–H groups in total.